The van der Waals surface area contributed by atoms with E-state index in [0.29, 0.717) is 6.61 Å². The fraction of sp³-hybridized carbons (Fsp3) is 1.00. The third-order valence-electron chi connectivity index (χ3n) is 1.12. The van der Waals surface area contributed by atoms with Crippen LogP contribution in [0.4, 0.5) is 0 Å². The molecule has 0 aliphatic rings. The molecule has 0 heterocycles. The number of likely N-dealkylation sites (N-methyl/N-ethyl adjacent to an activating group) is 1. The molecular formula is C6H16ClNO2. The van der Waals surface area contributed by atoms with Gasteiger partial charge in [0.25, 0.3) is 0 Å². The highest BCUT2D eigenvalue weighted by Crippen LogP contribution is 1.86. The van der Waals surface area contributed by atoms with Crippen molar-refractivity contribution < 1.29 is 9.47 Å². The minimum absolute atomic E-state index is 0. The minimum Gasteiger partial charge on any atom is -0.382 e. The lowest BCUT2D eigenvalue weighted by molar-refractivity contribution is 0.0300. The number of halogens is 1. The van der Waals surface area contributed by atoms with Gasteiger partial charge < -0.3 is 14.8 Å². The van der Waals surface area contributed by atoms with Crippen molar-refractivity contribution >= 4 is 12.4 Å². The molecule has 1 atom stereocenters. The van der Waals surface area contributed by atoms with Crippen molar-refractivity contribution in [3.63, 3.8) is 0 Å². The Morgan fingerprint density at radius 1 is 1.40 bits per heavy atom. The molecule has 0 aromatic heterocycles. The van der Waals surface area contributed by atoms with E-state index in [1.807, 2.05) is 7.05 Å². The first-order chi connectivity index (χ1) is 4.35. The van der Waals surface area contributed by atoms with Gasteiger partial charge in [-0.3, -0.25) is 0 Å². The molecule has 10 heavy (non-hydrogen) atoms. The second kappa shape index (κ2) is 9.17. The molecule has 4 heteroatoms. The molecule has 0 aromatic carbocycles. The molecule has 0 aromatic rings. The Morgan fingerprint density at radius 3 is 2.30 bits per heavy atom. The SMILES string of the molecule is CNC[C@@H](COC)OC.Cl. The summed E-state index contributed by atoms with van der Waals surface area (Å²) in [6.45, 7) is 1.49. The van der Waals surface area contributed by atoms with Gasteiger partial charge in [-0.05, 0) is 7.05 Å². The molecular weight excluding hydrogens is 154 g/mol. The smallest absolute Gasteiger partial charge is 0.0928 e. The molecule has 64 valence electrons. The predicted molar refractivity (Wildman–Crippen MR) is 43.8 cm³/mol. The topological polar surface area (TPSA) is 30.5 Å². The van der Waals surface area contributed by atoms with Crippen LogP contribution in [0.1, 0.15) is 0 Å². The Morgan fingerprint density at radius 2 is 2.00 bits per heavy atom. The normalized spacial score (nSPS) is 12.3. The van der Waals surface area contributed by atoms with Crippen molar-refractivity contribution in [3.8, 4) is 0 Å². The highest BCUT2D eigenvalue weighted by molar-refractivity contribution is 5.85. The van der Waals surface area contributed by atoms with E-state index in [9.17, 15) is 0 Å². The van der Waals surface area contributed by atoms with E-state index in [1.54, 1.807) is 14.2 Å². The van der Waals surface area contributed by atoms with Crippen molar-refractivity contribution in [1.82, 2.24) is 5.32 Å². The molecule has 0 amide bonds. The van der Waals surface area contributed by atoms with Gasteiger partial charge in [-0.2, -0.15) is 0 Å². The van der Waals surface area contributed by atoms with E-state index < -0.39 is 0 Å². The summed E-state index contributed by atoms with van der Waals surface area (Å²) in [5.41, 5.74) is 0. The summed E-state index contributed by atoms with van der Waals surface area (Å²) in [6, 6.07) is 0. The average Bonchev–Trinajstić information content (AvgIpc) is 1.88. The molecule has 0 spiro atoms. The van der Waals surface area contributed by atoms with Crippen LogP contribution < -0.4 is 5.32 Å². The Hall–Kier alpha value is 0.170. The van der Waals surface area contributed by atoms with Crippen LogP contribution in [0.3, 0.4) is 0 Å². The summed E-state index contributed by atoms with van der Waals surface area (Å²) >= 11 is 0. The van der Waals surface area contributed by atoms with Gasteiger partial charge in [0.1, 0.15) is 0 Å². The predicted octanol–water partition coefficient (Wildman–Crippen LogP) is 0.289. The lowest BCUT2D eigenvalue weighted by atomic mass is 10.4. The van der Waals surface area contributed by atoms with Gasteiger partial charge in [0.2, 0.25) is 0 Å². The Labute approximate surface area is 68.5 Å². The average molecular weight is 170 g/mol. The summed E-state index contributed by atoms with van der Waals surface area (Å²) in [7, 11) is 5.24. The van der Waals surface area contributed by atoms with Crippen LogP contribution in [-0.2, 0) is 9.47 Å². The second-order valence-electron chi connectivity index (χ2n) is 1.87. The first-order valence-corrected chi connectivity index (χ1v) is 3.01. The van der Waals surface area contributed by atoms with E-state index in [0.717, 1.165) is 6.54 Å². The van der Waals surface area contributed by atoms with E-state index in [2.05, 4.69) is 5.32 Å². The molecule has 0 unspecified atom stereocenters. The van der Waals surface area contributed by atoms with Gasteiger partial charge in [-0.25, -0.2) is 0 Å². The van der Waals surface area contributed by atoms with Crippen molar-refractivity contribution in [2.24, 2.45) is 0 Å². The number of rotatable bonds is 5. The first-order valence-electron chi connectivity index (χ1n) is 3.01. The van der Waals surface area contributed by atoms with Crippen LogP contribution in [-0.4, -0.2) is 40.5 Å². The van der Waals surface area contributed by atoms with Crippen LogP contribution in [0, 0.1) is 0 Å². The molecule has 0 fully saturated rings. The number of methoxy groups -OCH3 is 2. The highest BCUT2D eigenvalue weighted by Gasteiger charge is 2.02. The Bertz CT molecular complexity index is 57.7. The van der Waals surface area contributed by atoms with Gasteiger partial charge in [-0.15, -0.1) is 12.4 Å². The number of nitrogens with one attached hydrogen (secondary N) is 1. The second-order valence-corrected chi connectivity index (χ2v) is 1.87. The summed E-state index contributed by atoms with van der Waals surface area (Å²) in [5, 5.41) is 3.00. The summed E-state index contributed by atoms with van der Waals surface area (Å²) < 4.78 is 9.93. The fourth-order valence-corrected chi connectivity index (χ4v) is 0.624. The zero-order valence-electron chi connectivity index (χ0n) is 6.72. The summed E-state index contributed by atoms with van der Waals surface area (Å²) in [4.78, 5) is 0. The van der Waals surface area contributed by atoms with Gasteiger partial charge in [-0.1, -0.05) is 0 Å². The molecule has 0 bridgehead atoms. The van der Waals surface area contributed by atoms with Gasteiger partial charge in [0.15, 0.2) is 0 Å². The number of hydrogen-bond acceptors (Lipinski definition) is 3. The molecule has 0 aliphatic carbocycles. The van der Waals surface area contributed by atoms with Gasteiger partial charge in [0, 0.05) is 20.8 Å². The standard InChI is InChI=1S/C6H15NO2.ClH/c1-7-4-6(9-3)5-8-2;/h6-7H,4-5H2,1-3H3;1H/t6-;/m0./s1. The van der Waals surface area contributed by atoms with E-state index in [4.69, 9.17) is 9.47 Å². The molecule has 0 rings (SSSR count). The maximum Gasteiger partial charge on any atom is 0.0928 e. The quantitative estimate of drug-likeness (QED) is 0.642. The monoisotopic (exact) mass is 169 g/mol. The highest BCUT2D eigenvalue weighted by atomic mass is 35.5. The van der Waals surface area contributed by atoms with E-state index in [-0.39, 0.29) is 18.5 Å². The van der Waals surface area contributed by atoms with Gasteiger partial charge >= 0.3 is 0 Å². The molecule has 0 saturated carbocycles. The van der Waals surface area contributed by atoms with Crippen LogP contribution in [0.5, 0.6) is 0 Å². The van der Waals surface area contributed by atoms with Crippen LogP contribution in [0.2, 0.25) is 0 Å². The molecule has 0 radical (unpaired) electrons. The van der Waals surface area contributed by atoms with Crippen LogP contribution >= 0.6 is 12.4 Å². The molecule has 3 nitrogen and oxygen atoms in total. The number of ether oxygens (including phenoxy) is 2. The lowest BCUT2D eigenvalue weighted by Gasteiger charge is -2.12. The first kappa shape index (κ1) is 12.8. The van der Waals surface area contributed by atoms with Crippen LogP contribution in [0.25, 0.3) is 0 Å². The molecule has 0 saturated heterocycles. The Kier molecular flexibility index (Phi) is 11.7. The van der Waals surface area contributed by atoms with Crippen LogP contribution in [0.15, 0.2) is 0 Å². The largest absolute Gasteiger partial charge is 0.382 e. The molecule has 0 aliphatic heterocycles. The van der Waals surface area contributed by atoms with Crippen molar-refractivity contribution in [2.75, 3.05) is 34.4 Å². The number of hydrogen-bond donors (Lipinski definition) is 1. The van der Waals surface area contributed by atoms with E-state index in [1.165, 1.54) is 0 Å². The van der Waals surface area contributed by atoms with Crippen molar-refractivity contribution in [3.05, 3.63) is 0 Å². The summed E-state index contributed by atoms with van der Waals surface area (Å²) in [5.74, 6) is 0. The minimum atomic E-state index is 0. The van der Waals surface area contributed by atoms with Crippen molar-refractivity contribution in [1.29, 1.82) is 0 Å². The third-order valence-corrected chi connectivity index (χ3v) is 1.12. The lowest BCUT2D eigenvalue weighted by Crippen LogP contribution is -2.29. The van der Waals surface area contributed by atoms with Gasteiger partial charge in [0.05, 0.1) is 12.7 Å². The summed E-state index contributed by atoms with van der Waals surface area (Å²) in [6.07, 6.45) is 0.181. The molecule has 1 N–H and O–H groups in total. The Balaban J connectivity index is 0. The fourth-order valence-electron chi connectivity index (χ4n) is 0.624. The van der Waals surface area contributed by atoms with E-state index >= 15 is 0 Å². The third kappa shape index (κ3) is 6.29. The zero-order chi connectivity index (χ0) is 7.11. The maximum absolute atomic E-state index is 5.04. The van der Waals surface area contributed by atoms with Crippen molar-refractivity contribution in [2.45, 2.75) is 6.10 Å². The zero-order valence-corrected chi connectivity index (χ0v) is 7.53. The maximum atomic E-state index is 5.04.